The van der Waals surface area contributed by atoms with E-state index in [2.05, 4.69) is 5.92 Å². The Labute approximate surface area is 124 Å². The standard InChI is InChI=1S/C15H20N2O4/c1-6-7-16-8-10(18)17(13(16)20)9-21-12(19)11-14(2,3)15(11,4)5/h1,11H,7-9H2,2-5H3. The molecule has 2 aliphatic rings. The Morgan fingerprint density at radius 1 is 1.33 bits per heavy atom. The van der Waals surface area contributed by atoms with Gasteiger partial charge in [0, 0.05) is 0 Å². The third-order valence-corrected chi connectivity index (χ3v) is 5.00. The minimum Gasteiger partial charge on any atom is -0.443 e. The van der Waals surface area contributed by atoms with Crippen molar-refractivity contribution in [3.05, 3.63) is 0 Å². The van der Waals surface area contributed by atoms with Crippen LogP contribution in [0.5, 0.6) is 0 Å². The molecule has 3 amide bonds. The van der Waals surface area contributed by atoms with Crippen molar-refractivity contribution in [1.82, 2.24) is 9.80 Å². The summed E-state index contributed by atoms with van der Waals surface area (Å²) in [6.45, 7) is 7.65. The van der Waals surface area contributed by atoms with Gasteiger partial charge in [-0.25, -0.2) is 9.69 Å². The zero-order chi connectivity index (χ0) is 16.0. The van der Waals surface area contributed by atoms with Crippen molar-refractivity contribution >= 4 is 17.9 Å². The van der Waals surface area contributed by atoms with Crippen molar-refractivity contribution in [3.8, 4) is 12.3 Å². The quantitative estimate of drug-likeness (QED) is 0.441. The number of urea groups is 1. The van der Waals surface area contributed by atoms with Gasteiger partial charge in [-0.05, 0) is 10.8 Å². The molecule has 6 heteroatoms. The lowest BCUT2D eigenvalue weighted by atomic mass is 10.0. The maximum atomic E-state index is 12.1. The third kappa shape index (κ3) is 2.27. The van der Waals surface area contributed by atoms with Gasteiger partial charge >= 0.3 is 12.0 Å². The van der Waals surface area contributed by atoms with Crippen LogP contribution in [0.3, 0.4) is 0 Å². The van der Waals surface area contributed by atoms with Crippen LogP contribution in [0.25, 0.3) is 0 Å². The molecule has 1 saturated heterocycles. The summed E-state index contributed by atoms with van der Waals surface area (Å²) in [6.07, 6.45) is 5.13. The Balaban J connectivity index is 1.93. The predicted octanol–water partition coefficient (Wildman–Crippen LogP) is 1.07. The van der Waals surface area contributed by atoms with Gasteiger partial charge < -0.3 is 9.64 Å². The van der Waals surface area contributed by atoms with Crippen LogP contribution in [0.15, 0.2) is 0 Å². The Morgan fingerprint density at radius 2 is 1.90 bits per heavy atom. The summed E-state index contributed by atoms with van der Waals surface area (Å²) in [4.78, 5) is 37.9. The first-order chi connectivity index (χ1) is 9.64. The first kappa shape index (κ1) is 15.4. The van der Waals surface area contributed by atoms with Gasteiger partial charge in [-0.15, -0.1) is 6.42 Å². The summed E-state index contributed by atoms with van der Waals surface area (Å²) < 4.78 is 5.16. The van der Waals surface area contributed by atoms with E-state index in [-0.39, 0.29) is 42.5 Å². The van der Waals surface area contributed by atoms with E-state index in [0.717, 1.165) is 4.90 Å². The van der Waals surface area contributed by atoms with E-state index in [1.54, 1.807) is 0 Å². The van der Waals surface area contributed by atoms with Crippen LogP contribution in [0.1, 0.15) is 27.7 Å². The van der Waals surface area contributed by atoms with Crippen molar-refractivity contribution in [3.63, 3.8) is 0 Å². The molecule has 2 rings (SSSR count). The first-order valence-corrected chi connectivity index (χ1v) is 6.84. The number of nitrogens with zero attached hydrogens (tertiary/aromatic N) is 2. The molecule has 2 fully saturated rings. The Bertz CT molecular complexity index is 530. The van der Waals surface area contributed by atoms with Crippen LogP contribution >= 0.6 is 0 Å². The molecule has 114 valence electrons. The summed E-state index contributed by atoms with van der Waals surface area (Å²) in [5.41, 5.74) is -0.281. The zero-order valence-corrected chi connectivity index (χ0v) is 12.8. The molecule has 21 heavy (non-hydrogen) atoms. The number of carbonyl (C=O) groups excluding carboxylic acids is 3. The van der Waals surface area contributed by atoms with Gasteiger partial charge in [0.05, 0.1) is 12.5 Å². The molecule has 0 bridgehead atoms. The second-order valence-electron chi connectivity index (χ2n) is 6.63. The summed E-state index contributed by atoms with van der Waals surface area (Å²) >= 11 is 0. The Kier molecular flexibility index (Phi) is 3.48. The van der Waals surface area contributed by atoms with E-state index in [1.165, 1.54) is 4.90 Å². The first-order valence-electron chi connectivity index (χ1n) is 6.84. The lowest BCUT2D eigenvalue weighted by Crippen LogP contribution is -2.36. The predicted molar refractivity (Wildman–Crippen MR) is 74.7 cm³/mol. The number of rotatable bonds is 4. The number of ether oxygens (including phenoxy) is 1. The molecule has 0 aromatic carbocycles. The summed E-state index contributed by atoms with van der Waals surface area (Å²) in [5, 5.41) is 0. The Morgan fingerprint density at radius 3 is 2.38 bits per heavy atom. The lowest BCUT2D eigenvalue weighted by molar-refractivity contribution is -0.151. The van der Waals surface area contributed by atoms with Gasteiger partial charge in [0.25, 0.3) is 5.91 Å². The van der Waals surface area contributed by atoms with Crippen LogP contribution < -0.4 is 0 Å². The Hall–Kier alpha value is -2.03. The van der Waals surface area contributed by atoms with Crippen LogP contribution in [0.4, 0.5) is 4.79 Å². The molecule has 0 spiro atoms. The summed E-state index contributed by atoms with van der Waals surface area (Å²) in [7, 11) is 0. The molecular weight excluding hydrogens is 272 g/mol. The zero-order valence-electron chi connectivity index (χ0n) is 12.8. The monoisotopic (exact) mass is 292 g/mol. The van der Waals surface area contributed by atoms with Gasteiger partial charge in [-0.3, -0.25) is 9.59 Å². The maximum absolute atomic E-state index is 12.1. The molecule has 1 aliphatic heterocycles. The normalized spacial score (nSPS) is 23.2. The molecule has 6 nitrogen and oxygen atoms in total. The van der Waals surface area contributed by atoms with Gasteiger partial charge in [-0.1, -0.05) is 33.6 Å². The van der Waals surface area contributed by atoms with E-state index < -0.39 is 11.9 Å². The highest BCUT2D eigenvalue weighted by atomic mass is 16.5. The minimum absolute atomic E-state index is 0.0672. The van der Waals surface area contributed by atoms with Gasteiger partial charge in [0.2, 0.25) is 0 Å². The van der Waals surface area contributed by atoms with E-state index in [0.29, 0.717) is 0 Å². The van der Waals surface area contributed by atoms with E-state index >= 15 is 0 Å². The van der Waals surface area contributed by atoms with Crippen molar-refractivity contribution in [2.75, 3.05) is 19.8 Å². The number of terminal acetylenes is 1. The second kappa shape index (κ2) is 4.76. The SMILES string of the molecule is C#CCN1CC(=O)N(COC(=O)C2C(C)(C)C2(C)C)C1=O. The number of carbonyl (C=O) groups is 3. The molecule has 0 aromatic rings. The number of amides is 3. The lowest BCUT2D eigenvalue weighted by Gasteiger charge is -2.15. The van der Waals surface area contributed by atoms with Gasteiger partial charge in [-0.2, -0.15) is 0 Å². The largest absolute Gasteiger partial charge is 0.443 e. The van der Waals surface area contributed by atoms with Crippen molar-refractivity contribution in [2.45, 2.75) is 27.7 Å². The summed E-state index contributed by atoms with van der Waals surface area (Å²) in [6, 6.07) is -0.514. The molecule has 0 aromatic heterocycles. The molecule has 0 unspecified atom stereocenters. The molecule has 1 heterocycles. The van der Waals surface area contributed by atoms with Crippen LogP contribution in [-0.4, -0.2) is 47.5 Å². The topological polar surface area (TPSA) is 66.9 Å². The fourth-order valence-electron chi connectivity index (χ4n) is 2.95. The number of esters is 1. The average molecular weight is 292 g/mol. The molecular formula is C15H20N2O4. The number of hydrogen-bond donors (Lipinski definition) is 0. The third-order valence-electron chi connectivity index (χ3n) is 5.00. The van der Waals surface area contributed by atoms with Gasteiger partial charge in [0.15, 0.2) is 6.73 Å². The van der Waals surface area contributed by atoms with E-state index in [4.69, 9.17) is 11.2 Å². The highest BCUT2D eigenvalue weighted by Crippen LogP contribution is 2.68. The smallest absolute Gasteiger partial charge is 0.330 e. The molecule has 1 aliphatic carbocycles. The minimum atomic E-state index is -0.514. The number of imide groups is 1. The average Bonchev–Trinajstić information content (AvgIpc) is 2.62. The molecule has 0 N–H and O–H groups in total. The highest BCUT2D eigenvalue weighted by Gasteiger charge is 2.69. The summed E-state index contributed by atoms with van der Waals surface area (Å²) in [5.74, 6) is 1.31. The fourth-order valence-corrected chi connectivity index (χ4v) is 2.95. The molecule has 1 saturated carbocycles. The second-order valence-corrected chi connectivity index (χ2v) is 6.63. The van der Waals surface area contributed by atoms with Crippen LogP contribution in [0.2, 0.25) is 0 Å². The highest BCUT2D eigenvalue weighted by molar-refractivity contribution is 6.02. The van der Waals surface area contributed by atoms with Crippen molar-refractivity contribution in [1.29, 1.82) is 0 Å². The maximum Gasteiger partial charge on any atom is 0.330 e. The van der Waals surface area contributed by atoms with Crippen molar-refractivity contribution in [2.24, 2.45) is 16.7 Å². The molecule has 0 atom stereocenters. The van der Waals surface area contributed by atoms with Crippen molar-refractivity contribution < 1.29 is 19.1 Å². The van der Waals surface area contributed by atoms with Crippen LogP contribution in [0, 0.1) is 29.1 Å². The van der Waals surface area contributed by atoms with Crippen LogP contribution in [-0.2, 0) is 14.3 Å². The number of hydrogen-bond acceptors (Lipinski definition) is 4. The van der Waals surface area contributed by atoms with E-state index in [9.17, 15) is 14.4 Å². The fraction of sp³-hybridized carbons (Fsp3) is 0.667. The van der Waals surface area contributed by atoms with E-state index in [1.807, 2.05) is 27.7 Å². The van der Waals surface area contributed by atoms with Gasteiger partial charge in [0.1, 0.15) is 6.54 Å². The molecule has 0 radical (unpaired) electrons.